The molecule has 5 nitrogen and oxygen atoms in total. The highest BCUT2D eigenvalue weighted by atomic mass is 79.9. The Balaban J connectivity index is 1.84. The van der Waals surface area contributed by atoms with Gasteiger partial charge in [-0.05, 0) is 49.2 Å². The number of esters is 1. The molecule has 0 aromatic heterocycles. The summed E-state index contributed by atoms with van der Waals surface area (Å²) in [5.74, 6) is -0.378. The van der Waals surface area contributed by atoms with Gasteiger partial charge in [0.2, 0.25) is 0 Å². The highest BCUT2D eigenvalue weighted by Gasteiger charge is 2.08. The Kier molecular flexibility index (Phi) is 7.01. The number of urea groups is 1. The first-order chi connectivity index (χ1) is 11.9. The highest BCUT2D eigenvalue weighted by Crippen LogP contribution is 2.13. The zero-order chi connectivity index (χ0) is 18.2. The maximum Gasteiger partial charge on any atom is 0.338 e. The molecule has 0 atom stereocenters. The van der Waals surface area contributed by atoms with Crippen molar-refractivity contribution >= 4 is 27.9 Å². The molecular weight excluding hydrogens is 384 g/mol. The monoisotopic (exact) mass is 404 g/mol. The Morgan fingerprint density at radius 1 is 1.08 bits per heavy atom. The van der Waals surface area contributed by atoms with Crippen LogP contribution in [-0.2, 0) is 17.9 Å². The molecule has 6 heteroatoms. The van der Waals surface area contributed by atoms with Crippen molar-refractivity contribution in [3.63, 3.8) is 0 Å². The summed E-state index contributed by atoms with van der Waals surface area (Å²) in [7, 11) is 0. The van der Waals surface area contributed by atoms with Gasteiger partial charge in [-0.15, -0.1) is 0 Å². The summed E-state index contributed by atoms with van der Waals surface area (Å²) in [4.78, 5) is 23.6. The van der Waals surface area contributed by atoms with Gasteiger partial charge in [0, 0.05) is 17.1 Å². The number of ether oxygens (including phenoxy) is 1. The first-order valence-corrected chi connectivity index (χ1v) is 8.78. The number of halogens is 1. The third-order valence-electron chi connectivity index (χ3n) is 3.32. The molecule has 2 aromatic rings. The van der Waals surface area contributed by atoms with Crippen molar-refractivity contribution in [2.24, 2.45) is 0 Å². The molecule has 0 saturated carbocycles. The Hall–Kier alpha value is -2.34. The van der Waals surface area contributed by atoms with Crippen LogP contribution in [0.15, 0.2) is 53.0 Å². The molecule has 2 aromatic carbocycles. The Morgan fingerprint density at radius 3 is 2.44 bits per heavy atom. The molecular formula is C19H21BrN2O3. The van der Waals surface area contributed by atoms with Gasteiger partial charge in [0.25, 0.3) is 0 Å². The predicted molar refractivity (Wildman–Crippen MR) is 100 cm³/mol. The zero-order valence-electron chi connectivity index (χ0n) is 14.2. The Labute approximate surface area is 155 Å². The lowest BCUT2D eigenvalue weighted by Crippen LogP contribution is -2.39. The van der Waals surface area contributed by atoms with Crippen molar-refractivity contribution < 1.29 is 14.3 Å². The zero-order valence-corrected chi connectivity index (χ0v) is 15.8. The van der Waals surface area contributed by atoms with Gasteiger partial charge < -0.3 is 15.4 Å². The fraction of sp³-hybridized carbons (Fsp3) is 0.263. The maximum atomic E-state index is 12.1. The predicted octanol–water partition coefficient (Wildman–Crippen LogP) is 4.01. The summed E-state index contributed by atoms with van der Waals surface area (Å²) < 4.78 is 6.26. The van der Waals surface area contributed by atoms with Gasteiger partial charge in [-0.25, -0.2) is 9.59 Å². The number of amides is 2. The molecule has 0 heterocycles. The van der Waals surface area contributed by atoms with Crippen LogP contribution >= 0.6 is 15.9 Å². The fourth-order valence-corrected chi connectivity index (χ4v) is 2.56. The number of hydrogen-bond donors (Lipinski definition) is 2. The number of nitrogens with one attached hydrogen (secondary N) is 2. The van der Waals surface area contributed by atoms with E-state index in [9.17, 15) is 9.59 Å². The van der Waals surface area contributed by atoms with Gasteiger partial charge in [0.05, 0.1) is 5.56 Å². The Bertz CT molecular complexity index is 730. The van der Waals surface area contributed by atoms with Crippen LogP contribution in [0.5, 0.6) is 0 Å². The van der Waals surface area contributed by atoms with Crippen molar-refractivity contribution in [3.8, 4) is 0 Å². The Morgan fingerprint density at radius 2 is 1.80 bits per heavy atom. The average Bonchev–Trinajstić information content (AvgIpc) is 2.58. The summed E-state index contributed by atoms with van der Waals surface area (Å²) in [6, 6.07) is 14.5. The third-order valence-corrected chi connectivity index (χ3v) is 3.81. The second-order valence-electron chi connectivity index (χ2n) is 5.88. The summed E-state index contributed by atoms with van der Waals surface area (Å²) in [5, 5.41) is 5.51. The van der Waals surface area contributed by atoms with Crippen LogP contribution in [-0.4, -0.2) is 18.0 Å². The molecule has 0 fully saturated rings. The molecule has 0 saturated heterocycles. The largest absolute Gasteiger partial charge is 0.457 e. The van der Waals surface area contributed by atoms with Crippen molar-refractivity contribution in [1.29, 1.82) is 0 Å². The molecule has 0 aliphatic heterocycles. The molecule has 0 aliphatic rings. The number of carbonyl (C=O) groups is 2. The van der Waals surface area contributed by atoms with E-state index < -0.39 is 0 Å². The second-order valence-corrected chi connectivity index (χ2v) is 6.80. The molecule has 0 aliphatic carbocycles. The summed E-state index contributed by atoms with van der Waals surface area (Å²) >= 11 is 3.38. The molecule has 2 amide bonds. The molecule has 25 heavy (non-hydrogen) atoms. The van der Waals surface area contributed by atoms with Gasteiger partial charge >= 0.3 is 12.0 Å². The molecule has 2 N–H and O–H groups in total. The van der Waals surface area contributed by atoms with Crippen LogP contribution in [0, 0.1) is 0 Å². The standard InChI is InChI=1S/C19H21BrN2O3/c1-13(2)22-19(24)21-11-14-6-8-16(9-7-14)18(23)25-12-15-4-3-5-17(20)10-15/h3-10,13H,11-12H2,1-2H3,(H2,21,22,24). The van der Waals surface area contributed by atoms with Gasteiger partial charge in [-0.2, -0.15) is 0 Å². The summed E-state index contributed by atoms with van der Waals surface area (Å²) in [6.45, 7) is 4.41. The van der Waals surface area contributed by atoms with E-state index in [0.29, 0.717) is 12.1 Å². The number of carbonyl (C=O) groups excluding carboxylic acids is 2. The van der Waals surface area contributed by atoms with Gasteiger partial charge in [-0.3, -0.25) is 0 Å². The van der Waals surface area contributed by atoms with Crippen molar-refractivity contribution in [1.82, 2.24) is 10.6 Å². The third kappa shape index (κ3) is 6.58. The lowest BCUT2D eigenvalue weighted by molar-refractivity contribution is 0.0472. The van der Waals surface area contributed by atoms with E-state index in [1.165, 1.54) is 0 Å². The van der Waals surface area contributed by atoms with Gasteiger partial charge in [0.1, 0.15) is 6.61 Å². The van der Waals surface area contributed by atoms with E-state index in [1.54, 1.807) is 24.3 Å². The first-order valence-electron chi connectivity index (χ1n) is 7.99. The molecule has 0 spiro atoms. The van der Waals surface area contributed by atoms with E-state index in [2.05, 4.69) is 26.6 Å². The molecule has 132 valence electrons. The minimum atomic E-state index is -0.378. The second kappa shape index (κ2) is 9.22. The minimum absolute atomic E-state index is 0.0855. The topological polar surface area (TPSA) is 67.4 Å². The normalized spacial score (nSPS) is 10.4. The SMILES string of the molecule is CC(C)NC(=O)NCc1ccc(C(=O)OCc2cccc(Br)c2)cc1. The van der Waals surface area contributed by atoms with E-state index in [0.717, 1.165) is 15.6 Å². The molecule has 0 bridgehead atoms. The highest BCUT2D eigenvalue weighted by molar-refractivity contribution is 9.10. The number of hydrogen-bond acceptors (Lipinski definition) is 3. The van der Waals surface area contributed by atoms with E-state index in [-0.39, 0.29) is 24.6 Å². The van der Waals surface area contributed by atoms with Crippen LogP contribution in [0.25, 0.3) is 0 Å². The van der Waals surface area contributed by atoms with Gasteiger partial charge in [-0.1, -0.05) is 40.2 Å². The van der Waals surface area contributed by atoms with Crippen molar-refractivity contribution in [2.45, 2.75) is 33.0 Å². The first kappa shape index (κ1) is 19.0. The van der Waals surface area contributed by atoms with Crippen LogP contribution in [0.3, 0.4) is 0 Å². The quantitative estimate of drug-likeness (QED) is 0.714. The van der Waals surface area contributed by atoms with Crippen molar-refractivity contribution in [3.05, 3.63) is 69.7 Å². The average molecular weight is 405 g/mol. The van der Waals surface area contributed by atoms with Crippen LogP contribution in [0.1, 0.15) is 35.3 Å². The number of benzene rings is 2. The van der Waals surface area contributed by atoms with Gasteiger partial charge in [0.15, 0.2) is 0 Å². The fourth-order valence-electron chi connectivity index (χ4n) is 2.11. The summed E-state index contributed by atoms with van der Waals surface area (Å²) in [5.41, 5.74) is 2.30. The molecule has 0 unspecified atom stereocenters. The van der Waals surface area contributed by atoms with E-state index >= 15 is 0 Å². The van der Waals surface area contributed by atoms with Crippen LogP contribution < -0.4 is 10.6 Å². The minimum Gasteiger partial charge on any atom is -0.457 e. The molecule has 0 radical (unpaired) electrons. The van der Waals surface area contributed by atoms with Crippen molar-refractivity contribution in [2.75, 3.05) is 0 Å². The summed E-state index contributed by atoms with van der Waals surface area (Å²) in [6.07, 6.45) is 0. The van der Waals surface area contributed by atoms with E-state index in [4.69, 9.17) is 4.74 Å². The smallest absolute Gasteiger partial charge is 0.338 e. The number of rotatable bonds is 6. The lowest BCUT2D eigenvalue weighted by atomic mass is 10.1. The maximum absolute atomic E-state index is 12.1. The van der Waals surface area contributed by atoms with E-state index in [1.807, 2.05) is 38.1 Å². The lowest BCUT2D eigenvalue weighted by Gasteiger charge is -2.10. The van der Waals surface area contributed by atoms with Crippen LogP contribution in [0.2, 0.25) is 0 Å². The van der Waals surface area contributed by atoms with Crippen LogP contribution in [0.4, 0.5) is 4.79 Å². The molecule has 2 rings (SSSR count).